The van der Waals surface area contributed by atoms with Gasteiger partial charge in [-0.1, -0.05) is 0 Å². The second-order valence-electron chi connectivity index (χ2n) is 10.2. The Bertz CT molecular complexity index is 929. The molecule has 1 aromatic rings. The number of carbonyl (C=O) groups is 1. The number of rotatable bonds is 4. The Morgan fingerprint density at radius 2 is 2.15 bits per heavy atom. The zero-order valence-electron chi connectivity index (χ0n) is 19.2. The lowest BCUT2D eigenvalue weighted by molar-refractivity contribution is -0.144. The Labute approximate surface area is 196 Å². The maximum absolute atomic E-state index is 14.6. The fourth-order valence-electron chi connectivity index (χ4n) is 6.60. The molecule has 188 valence electrons. The summed E-state index contributed by atoms with van der Waals surface area (Å²) in [5, 5.41) is 3.65. The van der Waals surface area contributed by atoms with Gasteiger partial charge in [0.25, 0.3) is 0 Å². The molecule has 0 radical (unpaired) electrons. The molecule has 2 saturated carbocycles. The summed E-state index contributed by atoms with van der Waals surface area (Å²) in [7, 11) is 1.66. The quantitative estimate of drug-likeness (QED) is 0.664. The number of nitrogens with one attached hydrogen (secondary N) is 1. The summed E-state index contributed by atoms with van der Waals surface area (Å²) in [5.74, 6) is -0.199. The van der Waals surface area contributed by atoms with Crippen LogP contribution in [-0.4, -0.2) is 67.0 Å². The molecule has 1 saturated heterocycles. The number of amides is 1. The second kappa shape index (κ2) is 9.02. The van der Waals surface area contributed by atoms with E-state index < -0.39 is 23.3 Å². The Hall–Kier alpha value is -1.78. The van der Waals surface area contributed by atoms with Gasteiger partial charge in [0.05, 0.1) is 23.7 Å². The van der Waals surface area contributed by atoms with Crippen LogP contribution in [0.3, 0.4) is 0 Å². The number of alkyl halides is 4. The molecule has 2 aliphatic heterocycles. The van der Waals surface area contributed by atoms with Gasteiger partial charge in [-0.05, 0) is 49.7 Å². The summed E-state index contributed by atoms with van der Waals surface area (Å²) in [4.78, 5) is 19.5. The van der Waals surface area contributed by atoms with Gasteiger partial charge >= 0.3 is 6.18 Å². The van der Waals surface area contributed by atoms with Gasteiger partial charge in [0.1, 0.15) is 6.17 Å². The van der Waals surface area contributed by atoms with E-state index in [1.165, 1.54) is 0 Å². The second-order valence-corrected chi connectivity index (χ2v) is 10.2. The van der Waals surface area contributed by atoms with Crippen molar-refractivity contribution in [1.82, 2.24) is 15.2 Å². The molecular weight excluding hydrogens is 454 g/mol. The number of ether oxygens (including phenoxy) is 2. The van der Waals surface area contributed by atoms with Gasteiger partial charge in [-0.2, -0.15) is 13.2 Å². The Morgan fingerprint density at radius 1 is 1.32 bits per heavy atom. The number of nitrogens with zero attached hydrogens (tertiary/aromatic N) is 2. The third-order valence-electron chi connectivity index (χ3n) is 8.22. The first-order valence-electron chi connectivity index (χ1n) is 12.0. The van der Waals surface area contributed by atoms with E-state index in [1.807, 2.05) is 0 Å². The molecule has 6 nitrogen and oxygen atoms in total. The van der Waals surface area contributed by atoms with E-state index in [0.29, 0.717) is 56.7 Å². The van der Waals surface area contributed by atoms with Crippen LogP contribution >= 0.6 is 0 Å². The van der Waals surface area contributed by atoms with Crippen LogP contribution < -0.4 is 5.32 Å². The summed E-state index contributed by atoms with van der Waals surface area (Å²) in [6.07, 6.45) is -1.73. The number of halogens is 4. The third kappa shape index (κ3) is 4.33. The fourth-order valence-corrected chi connectivity index (χ4v) is 6.60. The Kier molecular flexibility index (Phi) is 6.35. The minimum absolute atomic E-state index is 0.0660. The molecule has 2 aliphatic carbocycles. The first-order valence-corrected chi connectivity index (χ1v) is 12.0. The van der Waals surface area contributed by atoms with Crippen LogP contribution in [0.15, 0.2) is 12.3 Å². The lowest BCUT2D eigenvalue weighted by atomic mass is 9.78. The Morgan fingerprint density at radius 3 is 2.91 bits per heavy atom. The van der Waals surface area contributed by atoms with Crippen LogP contribution in [0.4, 0.5) is 17.6 Å². The normalized spacial score (nSPS) is 35.8. The van der Waals surface area contributed by atoms with Crippen molar-refractivity contribution in [1.29, 1.82) is 0 Å². The summed E-state index contributed by atoms with van der Waals surface area (Å²) in [6.45, 7) is 1.63. The molecule has 4 aliphatic rings. The summed E-state index contributed by atoms with van der Waals surface area (Å²) in [5.41, 5.74) is -0.597. The van der Waals surface area contributed by atoms with Crippen LogP contribution in [0.25, 0.3) is 0 Å². The third-order valence-corrected chi connectivity index (χ3v) is 8.22. The summed E-state index contributed by atoms with van der Waals surface area (Å²) >= 11 is 0. The zero-order chi connectivity index (χ0) is 24.1. The molecule has 5 rings (SSSR count). The molecule has 34 heavy (non-hydrogen) atoms. The number of pyridine rings is 1. The molecule has 10 heteroatoms. The monoisotopic (exact) mass is 485 g/mol. The highest BCUT2D eigenvalue weighted by molar-refractivity contribution is 5.84. The van der Waals surface area contributed by atoms with Gasteiger partial charge in [0, 0.05) is 57.2 Å². The number of carbonyl (C=O) groups excluding carboxylic acids is 1. The minimum Gasteiger partial charge on any atom is -0.379 e. The maximum Gasteiger partial charge on any atom is 0.417 e. The predicted molar refractivity (Wildman–Crippen MR) is 115 cm³/mol. The molecule has 1 amide bonds. The predicted octanol–water partition coefficient (Wildman–Crippen LogP) is 3.28. The van der Waals surface area contributed by atoms with E-state index in [4.69, 9.17) is 9.47 Å². The number of methoxy groups -OCH3 is 1. The van der Waals surface area contributed by atoms with Crippen molar-refractivity contribution in [2.45, 2.75) is 75.6 Å². The van der Waals surface area contributed by atoms with Crippen molar-refractivity contribution in [3.8, 4) is 0 Å². The van der Waals surface area contributed by atoms with Crippen LogP contribution in [0.2, 0.25) is 0 Å². The smallest absolute Gasteiger partial charge is 0.379 e. The molecule has 0 spiro atoms. The van der Waals surface area contributed by atoms with Crippen LogP contribution in [0, 0.1) is 11.3 Å². The summed E-state index contributed by atoms with van der Waals surface area (Å²) < 4.78 is 65.2. The lowest BCUT2D eigenvalue weighted by Gasteiger charge is -2.37. The zero-order valence-corrected chi connectivity index (χ0v) is 19.2. The molecule has 0 aromatic carbocycles. The first-order chi connectivity index (χ1) is 16.2. The van der Waals surface area contributed by atoms with Gasteiger partial charge in [-0.3, -0.25) is 9.78 Å². The van der Waals surface area contributed by atoms with E-state index in [2.05, 4.69) is 10.3 Å². The highest BCUT2D eigenvalue weighted by Crippen LogP contribution is 2.56. The van der Waals surface area contributed by atoms with Gasteiger partial charge in [0.15, 0.2) is 0 Å². The average molecular weight is 486 g/mol. The fraction of sp³-hybridized carbons (Fsp3) is 0.750. The van der Waals surface area contributed by atoms with Gasteiger partial charge < -0.3 is 19.7 Å². The van der Waals surface area contributed by atoms with E-state index in [9.17, 15) is 22.4 Å². The van der Waals surface area contributed by atoms with E-state index >= 15 is 0 Å². The molecule has 1 aromatic heterocycles. The molecule has 0 bridgehead atoms. The summed E-state index contributed by atoms with van der Waals surface area (Å²) in [6, 6.07) is 1.28. The van der Waals surface area contributed by atoms with Crippen LogP contribution in [0.5, 0.6) is 0 Å². The average Bonchev–Trinajstić information content (AvgIpc) is 3.30. The minimum atomic E-state index is -4.49. The molecular formula is C24H31F4N3O3. The van der Waals surface area contributed by atoms with Crippen LogP contribution in [0.1, 0.15) is 48.9 Å². The lowest BCUT2D eigenvalue weighted by Crippen LogP contribution is -2.51. The molecule has 6 atom stereocenters. The highest BCUT2D eigenvalue weighted by atomic mass is 19.4. The topological polar surface area (TPSA) is 63.7 Å². The molecule has 1 N–H and O–H groups in total. The van der Waals surface area contributed by atoms with Crippen molar-refractivity contribution in [2.75, 3.05) is 26.9 Å². The molecule has 3 fully saturated rings. The van der Waals surface area contributed by atoms with Gasteiger partial charge in [0.2, 0.25) is 5.91 Å². The SMILES string of the molecule is COC1COCCC1N[C@@H]1C[C@H]2C[C@@H](F)C[C@@]2(C(=O)N2CCc3ncc(C(F)(F)F)cc3C2)C1. The molecule has 3 heterocycles. The van der Waals surface area contributed by atoms with Crippen molar-refractivity contribution >= 4 is 5.91 Å². The first kappa shape index (κ1) is 23.9. The largest absolute Gasteiger partial charge is 0.417 e. The number of aromatic nitrogens is 1. The van der Waals surface area contributed by atoms with Crippen molar-refractivity contribution in [3.05, 3.63) is 29.1 Å². The van der Waals surface area contributed by atoms with E-state index in [-0.39, 0.29) is 43.0 Å². The number of fused-ring (bicyclic) bond motifs is 2. The number of hydrogen-bond donors (Lipinski definition) is 1. The highest BCUT2D eigenvalue weighted by Gasteiger charge is 2.59. The van der Waals surface area contributed by atoms with E-state index in [1.54, 1.807) is 12.0 Å². The van der Waals surface area contributed by atoms with Crippen molar-refractivity contribution in [2.24, 2.45) is 11.3 Å². The van der Waals surface area contributed by atoms with Crippen molar-refractivity contribution in [3.63, 3.8) is 0 Å². The van der Waals surface area contributed by atoms with E-state index in [0.717, 1.165) is 18.7 Å². The standard InChI is InChI=1S/C24H31F4N3O3/c1-33-21-13-34-5-3-20(21)30-18-8-15-7-17(25)9-23(15,10-18)22(32)31-4-2-19-14(12-31)6-16(11-29-19)24(26,27)28/h6,11,15,17-18,20-21,30H,2-5,7-10,12-13H2,1H3/t15-,17-,18-,20?,21?,23-/m1/s1. The molecule has 2 unspecified atom stereocenters. The maximum atomic E-state index is 14.6. The van der Waals surface area contributed by atoms with Gasteiger partial charge in [-0.25, -0.2) is 4.39 Å². The van der Waals surface area contributed by atoms with Crippen molar-refractivity contribution < 1.29 is 31.8 Å². The van der Waals surface area contributed by atoms with Crippen LogP contribution in [-0.2, 0) is 33.4 Å². The number of hydrogen-bond acceptors (Lipinski definition) is 5. The Balaban J connectivity index is 1.33. The van der Waals surface area contributed by atoms with Gasteiger partial charge in [-0.15, -0.1) is 0 Å².